The number of hydrogen-bond acceptors (Lipinski definition) is 3. The number of fused-ring (bicyclic) bond motifs is 2. The van der Waals surface area contributed by atoms with Gasteiger partial charge in [-0.3, -0.25) is 14.2 Å². The molecule has 0 saturated carbocycles. The first-order valence-electron chi connectivity index (χ1n) is 12.7. The normalized spacial score (nSPS) is 12.4. The standard InChI is InChI=1S/C32H27N2O5P/c35-30(33-21-22-9-2-1-3-10-22)18-17-26-19-24-12-4-5-13-25(24)20-29(26)34-32(36)31(40(37,38)39)28-16-8-14-23-11-6-7-15-27(23)28/h1-20,31H,21H2,(H,33,35)(H,34,36)(H2,37,38,39). The second-order valence-electron chi connectivity index (χ2n) is 9.37. The van der Waals surface area contributed by atoms with Crippen LogP contribution in [0.1, 0.15) is 22.3 Å². The summed E-state index contributed by atoms with van der Waals surface area (Å²) in [6.45, 7) is 0.361. The Morgan fingerprint density at radius 1 is 0.775 bits per heavy atom. The number of carbonyl (C=O) groups excluding carboxylic acids is 2. The molecule has 0 bridgehead atoms. The van der Waals surface area contributed by atoms with Crippen LogP contribution >= 0.6 is 7.60 Å². The first-order chi connectivity index (χ1) is 19.3. The number of rotatable bonds is 8. The number of nitrogens with one attached hydrogen (secondary N) is 2. The molecule has 0 aliphatic carbocycles. The molecule has 1 unspecified atom stereocenters. The van der Waals surface area contributed by atoms with Crippen LogP contribution in [0.15, 0.2) is 115 Å². The number of benzene rings is 5. The highest BCUT2D eigenvalue weighted by Gasteiger charge is 2.38. The molecule has 0 aliphatic heterocycles. The predicted molar refractivity (Wildman–Crippen MR) is 159 cm³/mol. The number of amides is 2. The maximum Gasteiger partial charge on any atom is 0.342 e. The molecule has 4 N–H and O–H groups in total. The van der Waals surface area contributed by atoms with Gasteiger partial charge in [0.05, 0.1) is 0 Å². The molecule has 0 fully saturated rings. The Labute approximate surface area is 231 Å². The summed E-state index contributed by atoms with van der Waals surface area (Å²) < 4.78 is 12.7. The Morgan fingerprint density at radius 2 is 1.40 bits per heavy atom. The fourth-order valence-electron chi connectivity index (χ4n) is 4.68. The molecular weight excluding hydrogens is 523 g/mol. The van der Waals surface area contributed by atoms with Crippen molar-refractivity contribution in [2.45, 2.75) is 12.2 Å². The van der Waals surface area contributed by atoms with E-state index in [0.29, 0.717) is 23.2 Å². The van der Waals surface area contributed by atoms with Gasteiger partial charge in [-0.05, 0) is 56.4 Å². The molecule has 7 nitrogen and oxygen atoms in total. The average Bonchev–Trinajstić information content (AvgIpc) is 2.95. The minimum Gasteiger partial charge on any atom is -0.348 e. The van der Waals surface area contributed by atoms with Crippen LogP contribution in [0.5, 0.6) is 0 Å². The van der Waals surface area contributed by atoms with E-state index in [0.717, 1.165) is 21.7 Å². The summed E-state index contributed by atoms with van der Waals surface area (Å²) in [5.41, 5.74) is 0.316. The van der Waals surface area contributed by atoms with Crippen molar-refractivity contribution in [1.29, 1.82) is 0 Å². The van der Waals surface area contributed by atoms with Crippen LogP contribution in [0.2, 0.25) is 0 Å². The van der Waals surface area contributed by atoms with Crippen molar-refractivity contribution >= 4 is 52.7 Å². The third-order valence-electron chi connectivity index (χ3n) is 6.60. The lowest BCUT2D eigenvalue weighted by molar-refractivity contribution is -0.117. The van der Waals surface area contributed by atoms with Crippen LogP contribution < -0.4 is 10.6 Å². The van der Waals surface area contributed by atoms with Crippen molar-refractivity contribution in [3.8, 4) is 0 Å². The summed E-state index contributed by atoms with van der Waals surface area (Å²) in [7, 11) is -4.92. The van der Waals surface area contributed by atoms with Gasteiger partial charge in [-0.2, -0.15) is 0 Å². The molecule has 5 rings (SSSR count). The van der Waals surface area contributed by atoms with Crippen LogP contribution in [-0.2, 0) is 20.7 Å². The van der Waals surface area contributed by atoms with Crippen molar-refractivity contribution in [3.63, 3.8) is 0 Å². The van der Waals surface area contributed by atoms with E-state index < -0.39 is 19.2 Å². The lowest BCUT2D eigenvalue weighted by Gasteiger charge is -2.21. The van der Waals surface area contributed by atoms with Crippen LogP contribution in [0.4, 0.5) is 5.69 Å². The van der Waals surface area contributed by atoms with E-state index >= 15 is 0 Å². The zero-order valence-electron chi connectivity index (χ0n) is 21.4. The van der Waals surface area contributed by atoms with E-state index in [-0.39, 0.29) is 11.5 Å². The van der Waals surface area contributed by atoms with Gasteiger partial charge in [-0.1, -0.05) is 97.1 Å². The van der Waals surface area contributed by atoms with Crippen LogP contribution in [-0.4, -0.2) is 21.6 Å². The largest absolute Gasteiger partial charge is 0.348 e. The van der Waals surface area contributed by atoms with E-state index in [1.165, 1.54) is 6.08 Å². The van der Waals surface area contributed by atoms with Gasteiger partial charge in [-0.15, -0.1) is 0 Å². The molecule has 200 valence electrons. The summed E-state index contributed by atoms with van der Waals surface area (Å²) >= 11 is 0. The highest BCUT2D eigenvalue weighted by Crippen LogP contribution is 2.53. The monoisotopic (exact) mass is 550 g/mol. The predicted octanol–water partition coefficient (Wildman–Crippen LogP) is 6.18. The Balaban J connectivity index is 1.47. The van der Waals surface area contributed by atoms with Gasteiger partial charge in [0, 0.05) is 18.3 Å². The second-order valence-corrected chi connectivity index (χ2v) is 11.1. The molecule has 2 amide bonds. The molecule has 5 aromatic carbocycles. The number of hydrogen-bond donors (Lipinski definition) is 4. The molecule has 8 heteroatoms. The van der Waals surface area contributed by atoms with Gasteiger partial charge in [0.15, 0.2) is 5.66 Å². The van der Waals surface area contributed by atoms with Gasteiger partial charge in [0.25, 0.3) is 0 Å². The molecule has 0 aromatic heterocycles. The maximum absolute atomic E-state index is 13.6. The Hall–Kier alpha value is -4.55. The Bertz CT molecular complexity index is 1770. The van der Waals surface area contributed by atoms with Crippen molar-refractivity contribution in [3.05, 3.63) is 132 Å². The summed E-state index contributed by atoms with van der Waals surface area (Å²) in [6, 6.07) is 32.8. The third-order valence-corrected chi connectivity index (χ3v) is 7.79. The quantitative estimate of drug-likeness (QED) is 0.136. The molecule has 0 aliphatic rings. The Morgan fingerprint density at radius 3 is 2.12 bits per heavy atom. The topological polar surface area (TPSA) is 116 Å². The first kappa shape index (κ1) is 27.0. The fraction of sp³-hybridized carbons (Fsp3) is 0.0625. The van der Waals surface area contributed by atoms with Crippen molar-refractivity contribution in [1.82, 2.24) is 5.32 Å². The van der Waals surface area contributed by atoms with E-state index in [9.17, 15) is 23.9 Å². The van der Waals surface area contributed by atoms with Crippen LogP contribution in [0.25, 0.3) is 27.6 Å². The molecule has 40 heavy (non-hydrogen) atoms. The molecule has 0 spiro atoms. The van der Waals surface area contributed by atoms with Crippen molar-refractivity contribution in [2.75, 3.05) is 5.32 Å². The lowest BCUT2D eigenvalue weighted by atomic mass is 10.0. The molecule has 5 aromatic rings. The minimum atomic E-state index is -4.92. The van der Waals surface area contributed by atoms with Gasteiger partial charge in [-0.25, -0.2) is 0 Å². The smallest absolute Gasteiger partial charge is 0.342 e. The van der Waals surface area contributed by atoms with E-state index in [1.807, 2.05) is 78.9 Å². The molecular formula is C32H27N2O5P. The van der Waals surface area contributed by atoms with E-state index in [4.69, 9.17) is 0 Å². The average molecular weight is 551 g/mol. The van der Waals surface area contributed by atoms with Crippen LogP contribution in [0.3, 0.4) is 0 Å². The third kappa shape index (κ3) is 6.19. The lowest BCUT2D eigenvalue weighted by Crippen LogP contribution is -2.22. The van der Waals surface area contributed by atoms with Gasteiger partial charge in [0.1, 0.15) is 0 Å². The first-order valence-corrected chi connectivity index (χ1v) is 14.3. The maximum atomic E-state index is 13.6. The number of carbonyl (C=O) groups is 2. The summed E-state index contributed by atoms with van der Waals surface area (Å²) in [5, 5.41) is 8.62. The summed E-state index contributed by atoms with van der Waals surface area (Å²) in [5.74, 6) is -1.17. The van der Waals surface area contributed by atoms with Crippen LogP contribution in [0, 0.1) is 0 Å². The summed E-state index contributed by atoms with van der Waals surface area (Å²) in [4.78, 5) is 46.7. The second kappa shape index (κ2) is 11.7. The van der Waals surface area contributed by atoms with Crippen molar-refractivity contribution in [2.24, 2.45) is 0 Å². The van der Waals surface area contributed by atoms with Gasteiger partial charge < -0.3 is 20.4 Å². The molecule has 0 saturated heterocycles. The van der Waals surface area contributed by atoms with Gasteiger partial charge in [0.2, 0.25) is 11.8 Å². The SMILES string of the molecule is O=C(C=Cc1cc2ccccc2cc1NC(=O)C(c1cccc2ccccc12)P(=O)(O)O)NCc1ccccc1. The molecule has 0 heterocycles. The zero-order valence-corrected chi connectivity index (χ0v) is 22.3. The minimum absolute atomic E-state index is 0.238. The highest BCUT2D eigenvalue weighted by atomic mass is 31.2. The van der Waals surface area contributed by atoms with E-state index in [1.54, 1.807) is 36.4 Å². The fourth-order valence-corrected chi connectivity index (χ4v) is 5.64. The van der Waals surface area contributed by atoms with Crippen molar-refractivity contribution < 1.29 is 23.9 Å². The molecule has 0 radical (unpaired) electrons. The van der Waals surface area contributed by atoms with Gasteiger partial charge >= 0.3 is 7.60 Å². The summed E-state index contributed by atoms with van der Waals surface area (Å²) in [6.07, 6.45) is 2.95. The zero-order chi connectivity index (χ0) is 28.1. The number of anilines is 1. The highest BCUT2D eigenvalue weighted by molar-refractivity contribution is 7.53. The van der Waals surface area contributed by atoms with E-state index in [2.05, 4.69) is 10.6 Å². The molecule has 1 atom stereocenters. The Kier molecular flexibility index (Phi) is 7.89.